The van der Waals surface area contributed by atoms with Crippen molar-refractivity contribution in [2.45, 2.75) is 19.3 Å². The number of hydrogen-bond donors (Lipinski definition) is 0. The van der Waals surface area contributed by atoms with Crippen LogP contribution in [-0.4, -0.2) is 5.97 Å². The first-order valence-corrected chi connectivity index (χ1v) is 5.46. The fourth-order valence-electron chi connectivity index (χ4n) is 1.84. The summed E-state index contributed by atoms with van der Waals surface area (Å²) in [6.45, 7) is 1.99. The van der Waals surface area contributed by atoms with E-state index in [1.807, 2.05) is 31.2 Å². The smallest absolute Gasteiger partial charge is 0.111 e. The summed E-state index contributed by atoms with van der Waals surface area (Å²) in [5, 5.41) is 10.8. The Morgan fingerprint density at radius 1 is 1.29 bits per heavy atom. The van der Waals surface area contributed by atoms with Gasteiger partial charge in [-0.25, -0.2) is 0 Å². The molecular formula is C14H13O3-. The van der Waals surface area contributed by atoms with Crippen molar-refractivity contribution in [1.29, 1.82) is 0 Å². The lowest BCUT2D eigenvalue weighted by Gasteiger charge is -2.15. The summed E-state index contributed by atoms with van der Waals surface area (Å²) in [5.74, 6) is -0.708. The summed E-state index contributed by atoms with van der Waals surface area (Å²) < 4.78 is 5.29. The van der Waals surface area contributed by atoms with Gasteiger partial charge in [0.2, 0.25) is 0 Å². The molecule has 0 N–H and O–H groups in total. The number of aryl methyl sites for hydroxylation is 1. The molecule has 0 bridgehead atoms. The van der Waals surface area contributed by atoms with E-state index in [-0.39, 0.29) is 12.3 Å². The van der Waals surface area contributed by atoms with Crippen LogP contribution in [0.3, 0.4) is 0 Å². The maximum atomic E-state index is 10.8. The zero-order chi connectivity index (χ0) is 12.3. The molecule has 0 aliphatic carbocycles. The SMILES string of the molecule is Cc1ccc(C(CC(=O)[O-])c2ccco2)cc1. The highest BCUT2D eigenvalue weighted by atomic mass is 16.4. The normalized spacial score (nSPS) is 12.3. The van der Waals surface area contributed by atoms with Crippen LogP contribution in [0.4, 0.5) is 0 Å². The standard InChI is InChI=1S/C14H14O3/c1-10-4-6-11(7-5-10)12(9-14(15)16)13-3-2-8-17-13/h2-8,12H,9H2,1H3,(H,15,16)/p-1. The van der Waals surface area contributed by atoms with Gasteiger partial charge in [0.1, 0.15) is 5.76 Å². The van der Waals surface area contributed by atoms with Crippen LogP contribution in [0.2, 0.25) is 0 Å². The third-order valence-corrected chi connectivity index (χ3v) is 2.74. The molecule has 3 nitrogen and oxygen atoms in total. The topological polar surface area (TPSA) is 53.3 Å². The van der Waals surface area contributed by atoms with Gasteiger partial charge in [0, 0.05) is 18.3 Å². The molecule has 1 aromatic heterocycles. The number of carbonyl (C=O) groups excluding carboxylic acids is 1. The largest absolute Gasteiger partial charge is 0.550 e. The minimum Gasteiger partial charge on any atom is -0.550 e. The average molecular weight is 229 g/mol. The summed E-state index contributed by atoms with van der Waals surface area (Å²) in [7, 11) is 0. The van der Waals surface area contributed by atoms with Crippen molar-refractivity contribution in [2.24, 2.45) is 0 Å². The van der Waals surface area contributed by atoms with Gasteiger partial charge in [-0.2, -0.15) is 0 Å². The lowest BCUT2D eigenvalue weighted by molar-refractivity contribution is -0.306. The quantitative estimate of drug-likeness (QED) is 0.804. The molecule has 3 heteroatoms. The molecule has 17 heavy (non-hydrogen) atoms. The summed E-state index contributed by atoms with van der Waals surface area (Å²) in [4.78, 5) is 10.8. The molecule has 1 unspecified atom stereocenters. The predicted molar refractivity (Wildman–Crippen MR) is 61.4 cm³/mol. The maximum Gasteiger partial charge on any atom is 0.111 e. The molecular weight excluding hydrogens is 216 g/mol. The number of furan rings is 1. The zero-order valence-corrected chi connectivity index (χ0v) is 9.55. The number of carboxylic acids is 1. The fraction of sp³-hybridized carbons (Fsp3) is 0.214. The van der Waals surface area contributed by atoms with Crippen LogP contribution in [0.25, 0.3) is 0 Å². The second kappa shape index (κ2) is 4.87. The van der Waals surface area contributed by atoms with E-state index < -0.39 is 5.97 Å². The Balaban J connectivity index is 2.33. The van der Waals surface area contributed by atoms with E-state index in [2.05, 4.69) is 0 Å². The Kier molecular flexibility index (Phi) is 3.28. The van der Waals surface area contributed by atoms with E-state index in [1.165, 1.54) is 0 Å². The fourth-order valence-corrected chi connectivity index (χ4v) is 1.84. The van der Waals surface area contributed by atoms with Gasteiger partial charge in [-0.15, -0.1) is 0 Å². The van der Waals surface area contributed by atoms with E-state index in [4.69, 9.17) is 4.42 Å². The highest BCUT2D eigenvalue weighted by molar-refractivity contribution is 5.66. The van der Waals surface area contributed by atoms with Gasteiger partial charge >= 0.3 is 0 Å². The van der Waals surface area contributed by atoms with Crippen molar-refractivity contribution < 1.29 is 14.3 Å². The molecule has 0 aliphatic heterocycles. The Morgan fingerprint density at radius 2 is 2.00 bits per heavy atom. The van der Waals surface area contributed by atoms with E-state index in [0.29, 0.717) is 5.76 Å². The number of rotatable bonds is 4. The van der Waals surface area contributed by atoms with Gasteiger partial charge < -0.3 is 14.3 Å². The summed E-state index contributed by atoms with van der Waals surface area (Å²) in [6, 6.07) is 11.3. The predicted octanol–water partition coefficient (Wildman–Crippen LogP) is 1.86. The van der Waals surface area contributed by atoms with Crippen LogP contribution in [0.15, 0.2) is 47.1 Å². The summed E-state index contributed by atoms with van der Waals surface area (Å²) >= 11 is 0. The van der Waals surface area contributed by atoms with Gasteiger partial charge in [0.05, 0.1) is 6.26 Å². The van der Waals surface area contributed by atoms with Crippen LogP contribution in [0.1, 0.15) is 29.2 Å². The second-order valence-electron chi connectivity index (χ2n) is 4.05. The van der Waals surface area contributed by atoms with Gasteiger partial charge in [-0.05, 0) is 24.6 Å². The van der Waals surface area contributed by atoms with Crippen molar-refractivity contribution in [2.75, 3.05) is 0 Å². The Morgan fingerprint density at radius 3 is 2.53 bits per heavy atom. The molecule has 0 amide bonds. The zero-order valence-electron chi connectivity index (χ0n) is 9.55. The molecule has 1 atom stereocenters. The molecule has 2 rings (SSSR count). The van der Waals surface area contributed by atoms with E-state index in [9.17, 15) is 9.90 Å². The lowest BCUT2D eigenvalue weighted by Crippen LogP contribution is -2.24. The highest BCUT2D eigenvalue weighted by Gasteiger charge is 2.16. The van der Waals surface area contributed by atoms with Gasteiger partial charge in [-0.1, -0.05) is 29.8 Å². The number of carbonyl (C=O) groups is 1. The number of carboxylic acid groups (broad SMARTS) is 1. The Bertz CT molecular complexity index is 483. The van der Waals surface area contributed by atoms with Gasteiger partial charge in [0.25, 0.3) is 0 Å². The van der Waals surface area contributed by atoms with Crippen LogP contribution < -0.4 is 5.11 Å². The van der Waals surface area contributed by atoms with Gasteiger partial charge in [-0.3, -0.25) is 0 Å². The number of benzene rings is 1. The van der Waals surface area contributed by atoms with E-state index in [0.717, 1.165) is 11.1 Å². The number of aliphatic carboxylic acids is 1. The molecule has 1 aromatic carbocycles. The Labute approximate surface area is 99.7 Å². The highest BCUT2D eigenvalue weighted by Crippen LogP contribution is 2.28. The first-order valence-electron chi connectivity index (χ1n) is 5.46. The van der Waals surface area contributed by atoms with Crippen LogP contribution in [0, 0.1) is 6.92 Å². The van der Waals surface area contributed by atoms with Crippen LogP contribution >= 0.6 is 0 Å². The van der Waals surface area contributed by atoms with Crippen molar-refractivity contribution in [3.63, 3.8) is 0 Å². The first kappa shape index (κ1) is 11.5. The van der Waals surface area contributed by atoms with Crippen molar-refractivity contribution >= 4 is 5.97 Å². The summed E-state index contributed by atoms with van der Waals surface area (Å²) in [6.07, 6.45) is 1.47. The Hall–Kier alpha value is -2.03. The molecule has 0 fully saturated rings. The first-order chi connectivity index (χ1) is 8.16. The molecule has 1 heterocycles. The number of hydrogen-bond acceptors (Lipinski definition) is 3. The van der Waals surface area contributed by atoms with E-state index >= 15 is 0 Å². The molecule has 0 saturated carbocycles. The van der Waals surface area contributed by atoms with E-state index in [1.54, 1.807) is 18.4 Å². The molecule has 88 valence electrons. The summed E-state index contributed by atoms with van der Waals surface area (Å²) in [5.41, 5.74) is 2.06. The molecule has 0 radical (unpaired) electrons. The minimum atomic E-state index is -1.08. The third kappa shape index (κ3) is 2.75. The molecule has 0 aliphatic rings. The van der Waals surface area contributed by atoms with Crippen molar-refractivity contribution in [3.8, 4) is 0 Å². The van der Waals surface area contributed by atoms with Gasteiger partial charge in [0.15, 0.2) is 0 Å². The van der Waals surface area contributed by atoms with Crippen molar-refractivity contribution in [1.82, 2.24) is 0 Å². The van der Waals surface area contributed by atoms with Crippen LogP contribution in [-0.2, 0) is 4.79 Å². The molecule has 0 spiro atoms. The maximum absolute atomic E-state index is 10.8. The lowest BCUT2D eigenvalue weighted by atomic mass is 9.93. The minimum absolute atomic E-state index is 0.0728. The monoisotopic (exact) mass is 229 g/mol. The van der Waals surface area contributed by atoms with Crippen molar-refractivity contribution in [3.05, 3.63) is 59.5 Å². The van der Waals surface area contributed by atoms with Crippen LogP contribution in [0.5, 0.6) is 0 Å². The third-order valence-electron chi connectivity index (χ3n) is 2.74. The molecule has 0 saturated heterocycles. The molecule has 2 aromatic rings. The average Bonchev–Trinajstić information content (AvgIpc) is 2.80. The second-order valence-corrected chi connectivity index (χ2v) is 4.05.